The SMILES string of the molecule is CC(C)(C)C(=O)/C=C(/[O-])C(C)(C)C.CC(C)(C)C(=O)/C=C(/[O-])C(C)(C)C.COCCOCCOCCOCCOC.[Ba+2]. The molecule has 0 aromatic heterocycles. The van der Waals surface area contributed by atoms with Crippen molar-refractivity contribution in [3.63, 3.8) is 0 Å². The van der Waals surface area contributed by atoms with Crippen LogP contribution in [-0.2, 0) is 33.3 Å². The van der Waals surface area contributed by atoms with Gasteiger partial charge in [-0.2, -0.15) is 0 Å². The molecule has 0 unspecified atom stereocenters. The van der Waals surface area contributed by atoms with E-state index in [0.717, 1.165) is 0 Å². The number of hydrogen-bond acceptors (Lipinski definition) is 9. The van der Waals surface area contributed by atoms with E-state index in [1.54, 1.807) is 14.2 Å². The number of carbonyl (C=O) groups excluding carboxylic acids is 2. The maximum Gasteiger partial charge on any atom is 2.00 e. The fourth-order valence-corrected chi connectivity index (χ4v) is 1.93. The topological polar surface area (TPSA) is 126 Å². The Kier molecular flexibility index (Phi) is 29.0. The van der Waals surface area contributed by atoms with Crippen molar-refractivity contribution in [3.05, 3.63) is 23.7 Å². The first-order valence-corrected chi connectivity index (χ1v) is 14.1. The summed E-state index contributed by atoms with van der Waals surface area (Å²) in [4.78, 5) is 22.9. The van der Waals surface area contributed by atoms with Gasteiger partial charge in [0.2, 0.25) is 0 Å². The van der Waals surface area contributed by atoms with Gasteiger partial charge < -0.3 is 33.9 Å². The molecule has 0 aromatic rings. The van der Waals surface area contributed by atoms with E-state index < -0.39 is 21.7 Å². The number of ketones is 2. The molecule has 0 aliphatic rings. The molecule has 0 N–H and O–H groups in total. The third kappa shape index (κ3) is 31.2. The molecule has 0 aliphatic heterocycles. The minimum absolute atomic E-state index is 0. The number of carbonyl (C=O) groups is 2. The van der Waals surface area contributed by atoms with Gasteiger partial charge in [-0.05, 0) is 23.0 Å². The number of rotatable bonds is 14. The van der Waals surface area contributed by atoms with E-state index >= 15 is 0 Å². The first-order valence-electron chi connectivity index (χ1n) is 14.1. The number of methoxy groups -OCH3 is 2. The summed E-state index contributed by atoms with van der Waals surface area (Å²) in [6.45, 7) is 26.6. The average molecular weight is 726 g/mol. The molecule has 0 aliphatic carbocycles. The molecule has 0 amide bonds. The minimum Gasteiger partial charge on any atom is -0.875 e. The molecule has 244 valence electrons. The van der Waals surface area contributed by atoms with Gasteiger partial charge in [-0.25, -0.2) is 0 Å². The molecule has 0 saturated carbocycles. The van der Waals surface area contributed by atoms with E-state index in [-0.39, 0.29) is 72.0 Å². The first-order chi connectivity index (χ1) is 18.5. The summed E-state index contributed by atoms with van der Waals surface area (Å²) in [6.07, 6.45) is 2.44. The number of ether oxygens (including phenoxy) is 5. The molecule has 0 atom stereocenters. The Morgan fingerprint density at radius 1 is 0.476 bits per heavy atom. The van der Waals surface area contributed by atoms with Gasteiger partial charge in [0.15, 0.2) is 11.6 Å². The summed E-state index contributed by atoms with van der Waals surface area (Å²) in [5.74, 6) is -0.417. The van der Waals surface area contributed by atoms with Gasteiger partial charge in [0.1, 0.15) is 0 Å². The van der Waals surface area contributed by atoms with Gasteiger partial charge in [0, 0.05) is 25.0 Å². The Morgan fingerprint density at radius 3 is 0.857 bits per heavy atom. The summed E-state index contributed by atoms with van der Waals surface area (Å²) in [5, 5.41) is 22.9. The molecule has 10 heteroatoms. The minimum atomic E-state index is -0.457. The summed E-state index contributed by atoms with van der Waals surface area (Å²) in [7, 11) is 3.30. The zero-order chi connectivity index (χ0) is 32.9. The van der Waals surface area contributed by atoms with Crippen LogP contribution in [-0.4, -0.2) is 128 Å². The van der Waals surface area contributed by atoms with Crippen LogP contribution in [0.25, 0.3) is 0 Å². The van der Waals surface area contributed by atoms with Crippen LogP contribution in [0.3, 0.4) is 0 Å². The van der Waals surface area contributed by atoms with Crippen molar-refractivity contribution in [1.29, 1.82) is 0 Å². The Balaban J connectivity index is -0.000000256. The van der Waals surface area contributed by atoms with Crippen LogP contribution in [0.15, 0.2) is 23.7 Å². The van der Waals surface area contributed by atoms with Crippen molar-refractivity contribution in [2.75, 3.05) is 67.1 Å². The average Bonchev–Trinajstić information content (AvgIpc) is 2.81. The van der Waals surface area contributed by atoms with Crippen LogP contribution in [0.4, 0.5) is 0 Å². The largest absolute Gasteiger partial charge is 2.00 e. The van der Waals surface area contributed by atoms with E-state index in [1.807, 2.05) is 83.1 Å². The van der Waals surface area contributed by atoms with Crippen LogP contribution in [0.2, 0.25) is 0 Å². The van der Waals surface area contributed by atoms with Gasteiger partial charge in [0.05, 0.1) is 52.9 Å². The third-order valence-corrected chi connectivity index (χ3v) is 5.09. The molecule has 42 heavy (non-hydrogen) atoms. The van der Waals surface area contributed by atoms with E-state index in [9.17, 15) is 19.8 Å². The molecule has 0 saturated heterocycles. The molecule has 0 aromatic carbocycles. The zero-order valence-electron chi connectivity index (χ0n) is 29.2. The smallest absolute Gasteiger partial charge is 0.875 e. The molecule has 0 fully saturated rings. The van der Waals surface area contributed by atoms with Crippen molar-refractivity contribution >= 4 is 60.4 Å². The van der Waals surface area contributed by atoms with Crippen molar-refractivity contribution < 1.29 is 43.5 Å². The summed E-state index contributed by atoms with van der Waals surface area (Å²) >= 11 is 0. The molecule has 0 heterocycles. The second-order valence-electron chi connectivity index (χ2n) is 13.6. The fourth-order valence-electron chi connectivity index (χ4n) is 1.93. The van der Waals surface area contributed by atoms with Crippen LogP contribution >= 0.6 is 0 Å². The van der Waals surface area contributed by atoms with E-state index in [2.05, 4.69) is 0 Å². The van der Waals surface area contributed by atoms with E-state index in [0.29, 0.717) is 52.9 Å². The van der Waals surface area contributed by atoms with Gasteiger partial charge in [-0.1, -0.05) is 83.1 Å². The number of allylic oxidation sites excluding steroid dienone is 4. The van der Waals surface area contributed by atoms with Crippen LogP contribution < -0.4 is 10.2 Å². The molecular formula is C32H60BaO9. The monoisotopic (exact) mass is 726 g/mol. The molecule has 0 bridgehead atoms. The van der Waals surface area contributed by atoms with Crippen molar-refractivity contribution in [2.24, 2.45) is 21.7 Å². The van der Waals surface area contributed by atoms with Crippen molar-refractivity contribution in [3.8, 4) is 0 Å². The molecular weight excluding hydrogens is 666 g/mol. The van der Waals surface area contributed by atoms with E-state index in [4.69, 9.17) is 23.7 Å². The summed E-state index contributed by atoms with van der Waals surface area (Å²) in [6, 6.07) is 0. The summed E-state index contributed by atoms with van der Waals surface area (Å²) in [5.41, 5.74) is -1.83. The third-order valence-electron chi connectivity index (χ3n) is 5.09. The van der Waals surface area contributed by atoms with Gasteiger partial charge in [-0.3, -0.25) is 9.59 Å². The maximum atomic E-state index is 11.4. The Hall–Kier alpha value is -0.209. The molecule has 9 nitrogen and oxygen atoms in total. The van der Waals surface area contributed by atoms with Crippen LogP contribution in [0.5, 0.6) is 0 Å². The second-order valence-corrected chi connectivity index (χ2v) is 13.6. The Labute approximate surface area is 297 Å². The first kappa shape index (κ1) is 48.7. The maximum absolute atomic E-state index is 11.4. The fraction of sp³-hybridized carbons (Fsp3) is 0.812. The van der Waals surface area contributed by atoms with Gasteiger partial charge in [-0.15, -0.1) is 11.5 Å². The predicted molar refractivity (Wildman–Crippen MR) is 166 cm³/mol. The van der Waals surface area contributed by atoms with Crippen LogP contribution in [0.1, 0.15) is 83.1 Å². The molecule has 0 radical (unpaired) electrons. The Morgan fingerprint density at radius 2 is 0.690 bits per heavy atom. The van der Waals surface area contributed by atoms with Crippen molar-refractivity contribution in [2.45, 2.75) is 83.1 Å². The summed E-state index contributed by atoms with van der Waals surface area (Å²) < 4.78 is 25.3. The van der Waals surface area contributed by atoms with Gasteiger partial charge in [0.25, 0.3) is 0 Å². The standard InChI is InChI=1S/2C11H20O2.C10H22O5.Ba/c2*1-10(2,3)8(12)7-9(13)11(4,5)6;1-11-3-5-13-7-9-15-10-8-14-6-4-12-2;/h2*7,12H,1-6H3;3-10H2,1-2H3;/q;;;+2/p-2/b2*8-7+;;. The molecule has 0 rings (SSSR count). The Bertz CT molecular complexity index is 699. The number of hydrogen-bond donors (Lipinski definition) is 0. The molecule has 0 spiro atoms. The predicted octanol–water partition coefficient (Wildman–Crippen LogP) is 3.73. The normalized spacial score (nSPS) is 12.8. The van der Waals surface area contributed by atoms with Gasteiger partial charge >= 0.3 is 48.9 Å². The van der Waals surface area contributed by atoms with Crippen LogP contribution in [0, 0.1) is 21.7 Å². The zero-order valence-corrected chi connectivity index (χ0v) is 33.6. The second kappa shape index (κ2) is 25.0. The van der Waals surface area contributed by atoms with E-state index in [1.165, 1.54) is 12.2 Å². The quantitative estimate of drug-likeness (QED) is 0.114. The van der Waals surface area contributed by atoms with Crippen molar-refractivity contribution in [1.82, 2.24) is 0 Å².